The maximum Gasteiger partial charge on any atom is 0.102 e. The van der Waals surface area contributed by atoms with E-state index in [1.54, 1.807) is 0 Å². The summed E-state index contributed by atoms with van der Waals surface area (Å²) in [7, 11) is 4.01. The van der Waals surface area contributed by atoms with E-state index < -0.39 is 6.10 Å². The van der Waals surface area contributed by atoms with Crippen molar-refractivity contribution in [3.8, 4) is 0 Å². The molecule has 0 aliphatic carbocycles. The lowest BCUT2D eigenvalue weighted by atomic mass is 10.1. The van der Waals surface area contributed by atoms with Crippen molar-refractivity contribution in [2.75, 3.05) is 33.9 Å². The van der Waals surface area contributed by atoms with Gasteiger partial charge in [-0.25, -0.2) is 0 Å². The largest absolute Gasteiger partial charge is 0.386 e. The smallest absolute Gasteiger partial charge is 0.102 e. The van der Waals surface area contributed by atoms with Crippen LogP contribution in [0.1, 0.15) is 24.2 Å². The van der Waals surface area contributed by atoms with Gasteiger partial charge in [0.15, 0.2) is 0 Å². The summed E-state index contributed by atoms with van der Waals surface area (Å²) in [4.78, 5) is 2.06. The number of ether oxygens (including phenoxy) is 1. The monoisotopic (exact) mass is 237 g/mol. The van der Waals surface area contributed by atoms with Gasteiger partial charge in [0.05, 0.1) is 13.2 Å². The lowest BCUT2D eigenvalue weighted by molar-refractivity contribution is 0.0306. The summed E-state index contributed by atoms with van der Waals surface area (Å²) in [5.41, 5.74) is 2.21. The number of aliphatic hydroxyl groups is 1. The minimum absolute atomic E-state index is 0.360. The highest BCUT2D eigenvalue weighted by atomic mass is 16.5. The van der Waals surface area contributed by atoms with E-state index in [-0.39, 0.29) is 0 Å². The van der Waals surface area contributed by atoms with Crippen LogP contribution in [0.25, 0.3) is 0 Å². The summed E-state index contributed by atoms with van der Waals surface area (Å²) in [6.45, 7) is 4.01. The van der Waals surface area contributed by atoms with Gasteiger partial charge in [-0.1, -0.05) is 31.2 Å². The van der Waals surface area contributed by atoms with Crippen molar-refractivity contribution in [3.63, 3.8) is 0 Å². The highest BCUT2D eigenvalue weighted by Gasteiger charge is 2.07. The van der Waals surface area contributed by atoms with Crippen LogP contribution in [0, 0.1) is 0 Å². The second-order valence-electron chi connectivity index (χ2n) is 4.49. The van der Waals surface area contributed by atoms with E-state index in [2.05, 4.69) is 24.0 Å². The van der Waals surface area contributed by atoms with E-state index in [4.69, 9.17) is 4.74 Å². The average molecular weight is 237 g/mol. The van der Waals surface area contributed by atoms with Crippen LogP contribution in [0.4, 0.5) is 0 Å². The highest BCUT2D eigenvalue weighted by Crippen LogP contribution is 2.14. The number of aliphatic hydroxyl groups excluding tert-OH is 1. The van der Waals surface area contributed by atoms with Gasteiger partial charge >= 0.3 is 0 Å². The molecule has 0 spiro atoms. The SMILES string of the molecule is CCc1ccc(C(O)COCCN(C)C)cc1. The van der Waals surface area contributed by atoms with Crippen LogP contribution in [0.2, 0.25) is 0 Å². The topological polar surface area (TPSA) is 32.7 Å². The van der Waals surface area contributed by atoms with E-state index in [1.807, 2.05) is 26.2 Å². The zero-order valence-electron chi connectivity index (χ0n) is 11.0. The molecule has 0 radical (unpaired) electrons. The fraction of sp³-hybridized carbons (Fsp3) is 0.571. The fourth-order valence-electron chi connectivity index (χ4n) is 1.51. The fourth-order valence-corrected chi connectivity index (χ4v) is 1.51. The molecule has 1 aromatic rings. The predicted molar refractivity (Wildman–Crippen MR) is 70.2 cm³/mol. The molecular formula is C14H23NO2. The molecule has 3 heteroatoms. The van der Waals surface area contributed by atoms with Crippen LogP contribution in [0.5, 0.6) is 0 Å². The molecule has 0 aliphatic rings. The third-order valence-corrected chi connectivity index (χ3v) is 2.73. The van der Waals surface area contributed by atoms with E-state index in [0.29, 0.717) is 13.2 Å². The van der Waals surface area contributed by atoms with Gasteiger partial charge in [0.2, 0.25) is 0 Å². The predicted octanol–water partition coefficient (Wildman–Crippen LogP) is 1.86. The van der Waals surface area contributed by atoms with Gasteiger partial charge in [0.1, 0.15) is 6.10 Å². The van der Waals surface area contributed by atoms with Crippen LogP contribution < -0.4 is 0 Å². The number of likely N-dealkylation sites (N-methyl/N-ethyl adjacent to an activating group) is 1. The second kappa shape index (κ2) is 7.43. The molecular weight excluding hydrogens is 214 g/mol. The van der Waals surface area contributed by atoms with Gasteiger partial charge in [0.25, 0.3) is 0 Å². The first-order valence-electron chi connectivity index (χ1n) is 6.13. The molecule has 0 aliphatic heterocycles. The van der Waals surface area contributed by atoms with Crippen molar-refractivity contribution in [1.82, 2.24) is 4.90 Å². The summed E-state index contributed by atoms with van der Waals surface area (Å²) < 4.78 is 5.43. The quantitative estimate of drug-likeness (QED) is 0.735. The number of aryl methyl sites for hydroxylation is 1. The molecule has 0 saturated carbocycles. The third kappa shape index (κ3) is 5.31. The van der Waals surface area contributed by atoms with Crippen molar-refractivity contribution in [2.24, 2.45) is 0 Å². The van der Waals surface area contributed by atoms with Crippen molar-refractivity contribution in [3.05, 3.63) is 35.4 Å². The van der Waals surface area contributed by atoms with Crippen molar-refractivity contribution in [2.45, 2.75) is 19.4 Å². The Morgan fingerprint density at radius 2 is 1.88 bits per heavy atom. The first-order valence-corrected chi connectivity index (χ1v) is 6.13. The van der Waals surface area contributed by atoms with E-state index in [9.17, 15) is 5.11 Å². The van der Waals surface area contributed by atoms with Gasteiger partial charge in [-0.05, 0) is 31.6 Å². The zero-order chi connectivity index (χ0) is 12.7. The minimum Gasteiger partial charge on any atom is -0.386 e. The average Bonchev–Trinajstić information content (AvgIpc) is 2.34. The number of hydrogen-bond acceptors (Lipinski definition) is 3. The minimum atomic E-state index is -0.525. The molecule has 17 heavy (non-hydrogen) atoms. The molecule has 0 saturated heterocycles. The Bertz CT molecular complexity index is 309. The number of rotatable bonds is 7. The molecule has 0 amide bonds. The Labute approximate surface area is 104 Å². The maximum atomic E-state index is 9.91. The lowest BCUT2D eigenvalue weighted by Crippen LogP contribution is -2.19. The van der Waals surface area contributed by atoms with Gasteiger partial charge < -0.3 is 14.7 Å². The van der Waals surface area contributed by atoms with Gasteiger partial charge in [-0.2, -0.15) is 0 Å². The van der Waals surface area contributed by atoms with Crippen LogP contribution >= 0.6 is 0 Å². The Morgan fingerprint density at radius 1 is 1.24 bits per heavy atom. The molecule has 0 bridgehead atoms. The van der Waals surface area contributed by atoms with Crippen LogP contribution in [0.15, 0.2) is 24.3 Å². The van der Waals surface area contributed by atoms with Crippen molar-refractivity contribution in [1.29, 1.82) is 0 Å². The van der Waals surface area contributed by atoms with E-state index >= 15 is 0 Å². The van der Waals surface area contributed by atoms with Gasteiger partial charge in [0, 0.05) is 6.54 Å². The van der Waals surface area contributed by atoms with Crippen LogP contribution in [-0.2, 0) is 11.2 Å². The molecule has 0 fully saturated rings. The molecule has 3 nitrogen and oxygen atoms in total. The Kier molecular flexibility index (Phi) is 6.19. The zero-order valence-corrected chi connectivity index (χ0v) is 11.0. The summed E-state index contributed by atoms with van der Waals surface area (Å²) in [5.74, 6) is 0. The molecule has 0 heterocycles. The summed E-state index contributed by atoms with van der Waals surface area (Å²) >= 11 is 0. The Hall–Kier alpha value is -0.900. The normalized spacial score (nSPS) is 13.0. The molecule has 0 aromatic heterocycles. The molecule has 1 N–H and O–H groups in total. The van der Waals surface area contributed by atoms with E-state index in [0.717, 1.165) is 18.5 Å². The lowest BCUT2D eigenvalue weighted by Gasteiger charge is -2.14. The molecule has 1 rings (SSSR count). The molecule has 1 unspecified atom stereocenters. The standard InChI is InChI=1S/C14H23NO2/c1-4-12-5-7-13(8-6-12)14(16)11-17-10-9-15(2)3/h5-8,14,16H,4,9-11H2,1-3H3. The Balaban J connectivity index is 2.33. The van der Waals surface area contributed by atoms with Crippen LogP contribution in [0.3, 0.4) is 0 Å². The van der Waals surface area contributed by atoms with Crippen LogP contribution in [-0.4, -0.2) is 43.9 Å². The Morgan fingerprint density at radius 3 is 2.41 bits per heavy atom. The van der Waals surface area contributed by atoms with E-state index in [1.165, 1.54) is 5.56 Å². The molecule has 1 aromatic carbocycles. The maximum absolute atomic E-state index is 9.91. The molecule has 96 valence electrons. The summed E-state index contributed by atoms with van der Waals surface area (Å²) in [6.07, 6.45) is 0.499. The van der Waals surface area contributed by atoms with Gasteiger partial charge in [-0.3, -0.25) is 0 Å². The number of nitrogens with zero attached hydrogens (tertiary/aromatic N) is 1. The van der Waals surface area contributed by atoms with Gasteiger partial charge in [-0.15, -0.1) is 0 Å². The second-order valence-corrected chi connectivity index (χ2v) is 4.49. The van der Waals surface area contributed by atoms with Crippen molar-refractivity contribution >= 4 is 0 Å². The molecule has 1 atom stereocenters. The first kappa shape index (κ1) is 14.2. The summed E-state index contributed by atoms with van der Waals surface area (Å²) in [6, 6.07) is 8.05. The third-order valence-electron chi connectivity index (χ3n) is 2.73. The highest BCUT2D eigenvalue weighted by molar-refractivity contribution is 5.24. The summed E-state index contributed by atoms with van der Waals surface area (Å²) in [5, 5.41) is 9.91. The first-order chi connectivity index (χ1) is 8.13. The van der Waals surface area contributed by atoms with Crippen molar-refractivity contribution < 1.29 is 9.84 Å². The number of hydrogen-bond donors (Lipinski definition) is 1. The number of benzene rings is 1.